The van der Waals surface area contributed by atoms with E-state index in [2.05, 4.69) is 4.98 Å². The number of carbonyl (C=O) groups excluding carboxylic acids is 2. The highest BCUT2D eigenvalue weighted by Gasteiger charge is 2.44. The minimum absolute atomic E-state index is 0.212. The minimum Gasteiger partial charge on any atom is -0.467 e. The quantitative estimate of drug-likeness (QED) is 0.512. The summed E-state index contributed by atoms with van der Waals surface area (Å²) in [6, 6.07) is 11.1. The van der Waals surface area contributed by atoms with Gasteiger partial charge < -0.3 is 24.1 Å². The number of hydrogen-bond donors (Lipinski definition) is 1. The standard InChI is InChI=1S/C22H19ClN2O5/c1-28-22(27)16-9-14-13-4-2-3-5-15(13)24-20(14)21(25(16)19(26)10-23)12-6-7-17-18(8-12)30-11-29-17/h2-8,16,21,24H,9-11H2,1H3/t16-,21-/m1/s1/i11D2. The maximum Gasteiger partial charge on any atom is 0.328 e. The minimum atomic E-state index is -2.28. The van der Waals surface area contributed by atoms with Crippen molar-refractivity contribution in [3.63, 3.8) is 0 Å². The van der Waals surface area contributed by atoms with Crippen molar-refractivity contribution in [2.45, 2.75) is 18.5 Å². The number of nitrogens with one attached hydrogen (secondary N) is 1. The third-order valence-corrected chi connectivity index (χ3v) is 5.82. The summed E-state index contributed by atoms with van der Waals surface area (Å²) in [5.41, 5.74) is 3.16. The van der Waals surface area contributed by atoms with E-state index < -0.39 is 30.7 Å². The van der Waals surface area contributed by atoms with Crippen LogP contribution in [0.4, 0.5) is 0 Å². The first kappa shape index (κ1) is 16.6. The molecule has 0 fully saturated rings. The molecule has 0 unspecified atom stereocenters. The average molecular weight is 429 g/mol. The van der Waals surface area contributed by atoms with Gasteiger partial charge in [-0.3, -0.25) is 4.79 Å². The number of aromatic amines is 1. The van der Waals surface area contributed by atoms with Crippen molar-refractivity contribution in [2.24, 2.45) is 0 Å². The smallest absolute Gasteiger partial charge is 0.328 e. The number of amides is 1. The molecule has 8 heteroatoms. The Hall–Kier alpha value is -3.19. The summed E-state index contributed by atoms with van der Waals surface area (Å²) >= 11 is 5.94. The second kappa shape index (κ2) is 7.25. The molecule has 0 radical (unpaired) electrons. The number of benzene rings is 2. The Morgan fingerprint density at radius 1 is 1.27 bits per heavy atom. The predicted molar refractivity (Wildman–Crippen MR) is 110 cm³/mol. The van der Waals surface area contributed by atoms with Gasteiger partial charge in [-0.1, -0.05) is 24.3 Å². The van der Waals surface area contributed by atoms with Gasteiger partial charge in [0.25, 0.3) is 0 Å². The third-order valence-electron chi connectivity index (χ3n) is 5.59. The number of aromatic nitrogens is 1. The molecule has 2 aromatic carbocycles. The highest BCUT2D eigenvalue weighted by molar-refractivity contribution is 6.27. The van der Waals surface area contributed by atoms with Gasteiger partial charge in [-0.2, -0.15) is 0 Å². The summed E-state index contributed by atoms with van der Waals surface area (Å²) in [5.74, 6) is -0.812. The van der Waals surface area contributed by atoms with E-state index in [0.717, 1.165) is 22.2 Å². The molecule has 0 spiro atoms. The molecule has 0 saturated carbocycles. The summed E-state index contributed by atoms with van der Waals surface area (Å²) in [5, 5.41) is 0.955. The normalized spacial score (nSPS) is 22.3. The largest absolute Gasteiger partial charge is 0.467 e. The van der Waals surface area contributed by atoms with Gasteiger partial charge in [-0.25, -0.2) is 4.79 Å². The van der Waals surface area contributed by atoms with Crippen molar-refractivity contribution in [3.05, 3.63) is 59.3 Å². The zero-order chi connectivity index (χ0) is 22.6. The molecule has 1 amide bonds. The molecule has 2 aliphatic heterocycles. The van der Waals surface area contributed by atoms with E-state index >= 15 is 0 Å². The van der Waals surface area contributed by atoms with Gasteiger partial charge >= 0.3 is 5.97 Å². The van der Waals surface area contributed by atoms with Crippen LogP contribution in [0.15, 0.2) is 42.5 Å². The van der Waals surface area contributed by atoms with Crippen LogP contribution in [-0.2, 0) is 20.7 Å². The highest BCUT2D eigenvalue weighted by atomic mass is 35.5. The number of alkyl halides is 1. The number of rotatable bonds is 3. The van der Waals surface area contributed by atoms with Gasteiger partial charge in [0.15, 0.2) is 11.5 Å². The molecule has 2 atom stereocenters. The molecule has 2 aliphatic rings. The summed E-state index contributed by atoms with van der Waals surface area (Å²) in [6.07, 6.45) is 0.276. The van der Waals surface area contributed by atoms with Crippen molar-refractivity contribution in [1.82, 2.24) is 9.88 Å². The number of halogens is 1. The van der Waals surface area contributed by atoms with Crippen LogP contribution in [0.25, 0.3) is 10.9 Å². The summed E-state index contributed by atoms with van der Waals surface area (Å²) in [4.78, 5) is 30.6. The molecule has 7 nitrogen and oxygen atoms in total. The van der Waals surface area contributed by atoms with Crippen LogP contribution in [0.3, 0.4) is 0 Å². The zero-order valence-electron chi connectivity index (χ0n) is 18.0. The highest BCUT2D eigenvalue weighted by Crippen LogP contribution is 2.44. The molecule has 3 heterocycles. The van der Waals surface area contributed by atoms with Gasteiger partial charge in [0.05, 0.1) is 13.2 Å². The topological polar surface area (TPSA) is 80.9 Å². The number of methoxy groups -OCH3 is 1. The van der Waals surface area contributed by atoms with E-state index in [1.807, 2.05) is 24.3 Å². The second-order valence-electron chi connectivity index (χ2n) is 7.14. The number of para-hydroxylation sites is 1. The fourth-order valence-electron chi connectivity index (χ4n) is 4.30. The molecule has 5 rings (SSSR count). The van der Waals surface area contributed by atoms with Gasteiger partial charge in [-0.05, 0) is 29.3 Å². The first-order chi connectivity index (χ1) is 15.3. The van der Waals surface area contributed by atoms with Gasteiger partial charge in [0.1, 0.15) is 14.7 Å². The number of carbonyl (C=O) groups is 2. The number of fused-ring (bicyclic) bond motifs is 4. The molecule has 0 saturated heterocycles. The van der Waals surface area contributed by atoms with Crippen LogP contribution in [0.1, 0.15) is 25.6 Å². The van der Waals surface area contributed by atoms with E-state index in [0.29, 0.717) is 5.56 Å². The molecule has 0 aliphatic carbocycles. The lowest BCUT2D eigenvalue weighted by atomic mass is 9.87. The van der Waals surface area contributed by atoms with Gasteiger partial charge in [0, 0.05) is 23.0 Å². The van der Waals surface area contributed by atoms with Crippen LogP contribution in [0, 0.1) is 0 Å². The zero-order valence-corrected chi connectivity index (χ0v) is 16.7. The van der Waals surface area contributed by atoms with Crippen LogP contribution in [0.5, 0.6) is 11.5 Å². The SMILES string of the molecule is [2H]C1([2H])Oc2ccc([C@@H]3c4[nH]c5ccccc5c4C[C@H](C(=O)OC)N3C(=O)CCl)cc2O1. The molecular formula is C22H19ClN2O5. The molecule has 0 bridgehead atoms. The fraction of sp³-hybridized carbons (Fsp3) is 0.273. The van der Waals surface area contributed by atoms with Crippen LogP contribution < -0.4 is 9.47 Å². The van der Waals surface area contributed by atoms with Crippen molar-refractivity contribution < 1.29 is 26.5 Å². The Balaban J connectivity index is 1.72. The molecule has 154 valence electrons. The first-order valence-corrected chi connectivity index (χ1v) is 9.93. The lowest BCUT2D eigenvalue weighted by Gasteiger charge is -2.40. The first-order valence-electron chi connectivity index (χ1n) is 10.4. The number of H-pyrrole nitrogens is 1. The third kappa shape index (κ3) is 2.81. The molecule has 1 aromatic heterocycles. The Bertz CT molecular complexity index is 1240. The van der Waals surface area contributed by atoms with E-state index in [-0.39, 0.29) is 23.8 Å². The lowest BCUT2D eigenvalue weighted by molar-refractivity contribution is -0.154. The van der Waals surface area contributed by atoms with E-state index in [9.17, 15) is 9.59 Å². The lowest BCUT2D eigenvalue weighted by Crippen LogP contribution is -2.52. The van der Waals surface area contributed by atoms with E-state index in [1.165, 1.54) is 12.0 Å². The summed E-state index contributed by atoms with van der Waals surface area (Å²) in [7, 11) is 1.29. The van der Waals surface area contributed by atoms with Crippen molar-refractivity contribution in [2.75, 3.05) is 19.7 Å². The van der Waals surface area contributed by atoms with Crippen molar-refractivity contribution in [1.29, 1.82) is 0 Å². The monoisotopic (exact) mass is 428 g/mol. The Morgan fingerprint density at radius 2 is 2.07 bits per heavy atom. The average Bonchev–Trinajstić information content (AvgIpc) is 3.31. The van der Waals surface area contributed by atoms with E-state index in [4.69, 9.17) is 28.6 Å². The van der Waals surface area contributed by atoms with Crippen molar-refractivity contribution in [3.8, 4) is 11.5 Å². The van der Waals surface area contributed by atoms with Crippen LogP contribution >= 0.6 is 11.6 Å². The summed E-state index contributed by atoms with van der Waals surface area (Å²) < 4.78 is 30.8. The molecular weight excluding hydrogens is 408 g/mol. The molecule has 1 N–H and O–H groups in total. The van der Waals surface area contributed by atoms with Crippen LogP contribution in [-0.4, -0.2) is 47.5 Å². The maximum atomic E-state index is 13.0. The number of esters is 1. The van der Waals surface area contributed by atoms with Crippen molar-refractivity contribution >= 4 is 34.4 Å². The number of hydrogen-bond acceptors (Lipinski definition) is 5. The van der Waals surface area contributed by atoms with Crippen LogP contribution in [0.2, 0.25) is 0 Å². The second-order valence-corrected chi connectivity index (χ2v) is 7.40. The van der Waals surface area contributed by atoms with Gasteiger partial charge in [0.2, 0.25) is 12.7 Å². The number of ether oxygens (including phenoxy) is 3. The fourth-order valence-corrected chi connectivity index (χ4v) is 4.44. The Kier molecular flexibility index (Phi) is 4.01. The molecule has 30 heavy (non-hydrogen) atoms. The summed E-state index contributed by atoms with van der Waals surface area (Å²) in [6.45, 7) is -2.28. The Morgan fingerprint density at radius 3 is 2.87 bits per heavy atom. The molecule has 3 aromatic rings. The van der Waals surface area contributed by atoms with Gasteiger partial charge in [-0.15, -0.1) is 11.6 Å². The van der Waals surface area contributed by atoms with E-state index in [1.54, 1.807) is 18.2 Å². The number of nitrogens with zero attached hydrogens (tertiary/aromatic N) is 1. The Labute approximate surface area is 180 Å². The maximum absolute atomic E-state index is 13.0. The predicted octanol–water partition coefficient (Wildman–Crippen LogP) is 3.15.